The van der Waals surface area contributed by atoms with Crippen molar-refractivity contribution < 1.29 is 19.1 Å². The van der Waals surface area contributed by atoms with Crippen LogP contribution in [0.1, 0.15) is 20.8 Å². The molecule has 0 saturated carbocycles. The van der Waals surface area contributed by atoms with Crippen molar-refractivity contribution in [1.29, 1.82) is 0 Å². The quantitative estimate of drug-likeness (QED) is 0.659. The van der Waals surface area contributed by atoms with Crippen molar-refractivity contribution in [1.82, 2.24) is 9.88 Å². The van der Waals surface area contributed by atoms with Crippen LogP contribution >= 0.6 is 22.7 Å². The first-order chi connectivity index (χ1) is 13.4. The minimum atomic E-state index is -0.405. The number of hydrogen-bond acceptors (Lipinski definition) is 7. The largest absolute Gasteiger partial charge is 0.493 e. The monoisotopic (exact) mass is 417 g/mol. The Kier molecular flexibility index (Phi) is 5.96. The van der Waals surface area contributed by atoms with Gasteiger partial charge in [-0.25, -0.2) is 4.98 Å². The molecule has 0 fully saturated rings. The topological polar surface area (TPSA) is 80.8 Å². The number of nitrogens with one attached hydrogen (secondary N) is 1. The predicted molar refractivity (Wildman–Crippen MR) is 111 cm³/mol. The summed E-state index contributed by atoms with van der Waals surface area (Å²) in [6.07, 6.45) is 0. The third-order valence-corrected chi connectivity index (χ3v) is 5.49. The molecule has 2 aromatic heterocycles. The molecular formula is C19H19N3O4S2. The van der Waals surface area contributed by atoms with E-state index in [0.29, 0.717) is 22.7 Å². The van der Waals surface area contributed by atoms with Crippen LogP contribution in [0.2, 0.25) is 0 Å². The highest BCUT2D eigenvalue weighted by Gasteiger charge is 2.21. The van der Waals surface area contributed by atoms with Crippen LogP contribution in [0.25, 0.3) is 10.6 Å². The fourth-order valence-electron chi connectivity index (χ4n) is 2.48. The number of anilines is 1. The SMILES string of the molecule is COc1cc(NC(=O)c2csc(-c3ccsc3)n2)c(C(=O)N(C)C)cc1OC. The van der Waals surface area contributed by atoms with Crippen molar-refractivity contribution >= 4 is 40.2 Å². The highest BCUT2D eigenvalue weighted by molar-refractivity contribution is 7.14. The zero-order valence-corrected chi connectivity index (χ0v) is 17.4. The summed E-state index contributed by atoms with van der Waals surface area (Å²) in [5.41, 5.74) is 1.88. The summed E-state index contributed by atoms with van der Waals surface area (Å²) >= 11 is 2.96. The van der Waals surface area contributed by atoms with Gasteiger partial charge >= 0.3 is 0 Å². The van der Waals surface area contributed by atoms with Crippen LogP contribution < -0.4 is 14.8 Å². The molecule has 1 aromatic carbocycles. The number of ether oxygens (including phenoxy) is 2. The van der Waals surface area contributed by atoms with Crippen LogP contribution in [0.4, 0.5) is 5.69 Å². The number of nitrogens with zero attached hydrogens (tertiary/aromatic N) is 2. The Hall–Kier alpha value is -2.91. The molecule has 9 heteroatoms. The van der Waals surface area contributed by atoms with Crippen LogP contribution in [0, 0.1) is 0 Å². The van der Waals surface area contributed by atoms with Gasteiger partial charge in [0.25, 0.3) is 11.8 Å². The standard InChI is InChI=1S/C19H19N3O4S2/c1-22(2)19(24)12-7-15(25-3)16(26-4)8-13(12)20-17(23)14-10-28-18(21-14)11-5-6-27-9-11/h5-10H,1-4H3,(H,20,23). The van der Waals surface area contributed by atoms with Crippen molar-refractivity contribution in [3.05, 3.63) is 45.6 Å². The zero-order chi connectivity index (χ0) is 20.3. The van der Waals surface area contributed by atoms with Gasteiger partial charge in [-0.3, -0.25) is 9.59 Å². The summed E-state index contributed by atoms with van der Waals surface area (Å²) in [7, 11) is 6.25. The van der Waals surface area contributed by atoms with Crippen molar-refractivity contribution in [3.8, 4) is 22.1 Å². The molecule has 3 aromatic rings. The molecule has 1 N–H and O–H groups in total. The molecule has 0 aliphatic carbocycles. The van der Waals surface area contributed by atoms with Crippen molar-refractivity contribution in [2.75, 3.05) is 33.6 Å². The van der Waals surface area contributed by atoms with E-state index < -0.39 is 5.91 Å². The lowest BCUT2D eigenvalue weighted by Gasteiger charge is -2.17. The van der Waals surface area contributed by atoms with Crippen LogP contribution in [-0.4, -0.2) is 50.0 Å². The van der Waals surface area contributed by atoms with E-state index in [-0.39, 0.29) is 11.6 Å². The van der Waals surface area contributed by atoms with E-state index in [4.69, 9.17) is 9.47 Å². The molecule has 0 unspecified atom stereocenters. The second kappa shape index (κ2) is 8.41. The summed E-state index contributed by atoms with van der Waals surface area (Å²) < 4.78 is 10.6. The maximum atomic E-state index is 12.7. The first-order valence-electron chi connectivity index (χ1n) is 8.21. The molecule has 0 spiro atoms. The van der Waals surface area contributed by atoms with Crippen molar-refractivity contribution in [3.63, 3.8) is 0 Å². The molecule has 7 nitrogen and oxygen atoms in total. The summed E-state index contributed by atoms with van der Waals surface area (Å²) in [5, 5.41) is 9.16. The van der Waals surface area contributed by atoms with Gasteiger partial charge < -0.3 is 19.7 Å². The lowest BCUT2D eigenvalue weighted by Crippen LogP contribution is -2.24. The van der Waals surface area contributed by atoms with Gasteiger partial charge in [-0.1, -0.05) is 0 Å². The van der Waals surface area contributed by atoms with E-state index in [1.165, 1.54) is 30.5 Å². The van der Waals surface area contributed by atoms with Crippen molar-refractivity contribution in [2.45, 2.75) is 0 Å². The zero-order valence-electron chi connectivity index (χ0n) is 15.8. The maximum absolute atomic E-state index is 12.7. The van der Waals surface area contributed by atoms with Crippen LogP contribution in [0.15, 0.2) is 34.3 Å². The minimum absolute atomic E-state index is 0.270. The molecule has 2 amide bonds. The highest BCUT2D eigenvalue weighted by Crippen LogP contribution is 2.34. The molecule has 28 heavy (non-hydrogen) atoms. The van der Waals surface area contributed by atoms with E-state index >= 15 is 0 Å². The van der Waals surface area contributed by atoms with Crippen molar-refractivity contribution in [2.24, 2.45) is 0 Å². The van der Waals surface area contributed by atoms with Crippen LogP contribution in [0.5, 0.6) is 11.5 Å². The molecule has 0 aliphatic heterocycles. The maximum Gasteiger partial charge on any atom is 0.275 e. The second-order valence-electron chi connectivity index (χ2n) is 5.96. The second-order valence-corrected chi connectivity index (χ2v) is 7.59. The molecule has 0 aliphatic rings. The van der Waals surface area contributed by atoms with Crippen LogP contribution in [0.3, 0.4) is 0 Å². The van der Waals surface area contributed by atoms with E-state index in [1.54, 1.807) is 42.9 Å². The number of carbonyl (C=O) groups excluding carboxylic acids is 2. The van der Waals surface area contributed by atoms with E-state index in [9.17, 15) is 9.59 Å². The van der Waals surface area contributed by atoms with Gasteiger partial charge in [0, 0.05) is 36.5 Å². The number of rotatable bonds is 6. The van der Waals surface area contributed by atoms with Gasteiger partial charge in [-0.2, -0.15) is 11.3 Å². The number of hydrogen-bond donors (Lipinski definition) is 1. The number of methoxy groups -OCH3 is 2. The summed E-state index contributed by atoms with van der Waals surface area (Å²) in [6.45, 7) is 0. The Morgan fingerprint density at radius 1 is 1.11 bits per heavy atom. The van der Waals surface area contributed by atoms with E-state index in [2.05, 4.69) is 10.3 Å². The third kappa shape index (κ3) is 4.00. The Balaban J connectivity index is 1.94. The first-order valence-corrected chi connectivity index (χ1v) is 10.0. The number of amides is 2. The highest BCUT2D eigenvalue weighted by atomic mass is 32.1. The Morgan fingerprint density at radius 3 is 2.43 bits per heavy atom. The molecule has 0 atom stereocenters. The van der Waals surface area contributed by atoms with E-state index in [0.717, 1.165) is 10.6 Å². The summed E-state index contributed by atoms with van der Waals surface area (Å²) in [4.78, 5) is 31.1. The molecule has 0 saturated heterocycles. The average molecular weight is 418 g/mol. The fourth-order valence-corrected chi connectivity index (χ4v) is 4.00. The number of aromatic nitrogens is 1. The minimum Gasteiger partial charge on any atom is -0.493 e. The molecule has 3 rings (SSSR count). The Morgan fingerprint density at radius 2 is 1.82 bits per heavy atom. The van der Waals surface area contributed by atoms with E-state index in [1.807, 2.05) is 16.8 Å². The fraction of sp³-hybridized carbons (Fsp3) is 0.211. The van der Waals surface area contributed by atoms with Gasteiger partial charge in [0.15, 0.2) is 11.5 Å². The number of thiazole rings is 1. The first kappa shape index (κ1) is 19.8. The van der Waals surface area contributed by atoms with Gasteiger partial charge in [-0.15, -0.1) is 11.3 Å². The number of benzene rings is 1. The Labute approximate surface area is 170 Å². The van der Waals surface area contributed by atoms with Gasteiger partial charge in [0.05, 0.1) is 25.5 Å². The summed E-state index contributed by atoms with van der Waals surface area (Å²) in [6, 6.07) is 5.07. The summed E-state index contributed by atoms with van der Waals surface area (Å²) in [5.74, 6) is 0.135. The molecule has 0 bridgehead atoms. The van der Waals surface area contributed by atoms with Gasteiger partial charge in [0.1, 0.15) is 10.7 Å². The number of thiophene rings is 1. The van der Waals surface area contributed by atoms with Crippen LogP contribution in [-0.2, 0) is 0 Å². The molecule has 0 radical (unpaired) electrons. The lowest BCUT2D eigenvalue weighted by molar-refractivity contribution is 0.0828. The third-order valence-electron chi connectivity index (χ3n) is 3.91. The smallest absolute Gasteiger partial charge is 0.275 e. The predicted octanol–water partition coefficient (Wildman–Crippen LogP) is 3.84. The molecule has 2 heterocycles. The lowest BCUT2D eigenvalue weighted by atomic mass is 10.1. The molecule has 146 valence electrons. The van der Waals surface area contributed by atoms with Gasteiger partial charge in [0.2, 0.25) is 0 Å². The number of carbonyl (C=O) groups is 2. The average Bonchev–Trinajstić information content (AvgIpc) is 3.38. The Bertz CT molecular complexity index is 997. The molecular weight excluding hydrogens is 398 g/mol. The normalized spacial score (nSPS) is 10.4. The van der Waals surface area contributed by atoms with Gasteiger partial charge in [-0.05, 0) is 17.5 Å².